The van der Waals surface area contributed by atoms with Crippen LogP contribution in [-0.4, -0.2) is 19.1 Å². The van der Waals surface area contributed by atoms with Gasteiger partial charge in [0.15, 0.2) is 11.5 Å². The fourth-order valence-corrected chi connectivity index (χ4v) is 3.17. The van der Waals surface area contributed by atoms with Gasteiger partial charge in [-0.2, -0.15) is 0 Å². The first kappa shape index (κ1) is 15.1. The minimum atomic E-state index is 0.0485. The second-order valence-corrected chi connectivity index (χ2v) is 6.45. The fourth-order valence-electron chi connectivity index (χ4n) is 3.17. The van der Waals surface area contributed by atoms with Crippen molar-refractivity contribution in [2.45, 2.75) is 25.3 Å². The maximum Gasteiger partial charge on any atom is 0.224 e. The smallest absolute Gasteiger partial charge is 0.224 e. The van der Waals surface area contributed by atoms with Gasteiger partial charge in [0.1, 0.15) is 13.2 Å². The van der Waals surface area contributed by atoms with Crippen LogP contribution in [0.15, 0.2) is 48.5 Å². The lowest BCUT2D eigenvalue weighted by Crippen LogP contribution is -2.31. The summed E-state index contributed by atoms with van der Waals surface area (Å²) in [6.45, 7) is 1.13. The van der Waals surface area contributed by atoms with Crippen LogP contribution in [0.1, 0.15) is 30.0 Å². The maximum absolute atomic E-state index is 12.5. The molecule has 4 rings (SSSR count). The molecule has 0 saturated heterocycles. The quantitative estimate of drug-likeness (QED) is 0.919. The molecule has 2 aliphatic rings. The fraction of sp³-hybridized carbons (Fsp3) is 0.350. The van der Waals surface area contributed by atoms with Gasteiger partial charge in [-0.05, 0) is 42.0 Å². The van der Waals surface area contributed by atoms with E-state index in [9.17, 15) is 4.79 Å². The summed E-state index contributed by atoms with van der Waals surface area (Å²) < 4.78 is 11.1. The van der Waals surface area contributed by atoms with Gasteiger partial charge in [0.2, 0.25) is 5.91 Å². The first-order chi connectivity index (χ1) is 11.8. The molecule has 4 heteroatoms. The molecule has 2 aromatic carbocycles. The zero-order valence-corrected chi connectivity index (χ0v) is 13.5. The van der Waals surface area contributed by atoms with Crippen molar-refractivity contribution < 1.29 is 14.3 Å². The average molecular weight is 323 g/mol. The summed E-state index contributed by atoms with van der Waals surface area (Å²) in [5, 5.41) is 3.21. The summed E-state index contributed by atoms with van der Waals surface area (Å²) in [6, 6.07) is 16.1. The Bertz CT molecular complexity index is 725. The van der Waals surface area contributed by atoms with E-state index in [1.807, 2.05) is 36.4 Å². The summed E-state index contributed by atoms with van der Waals surface area (Å²) in [5.41, 5.74) is 2.13. The van der Waals surface area contributed by atoms with Crippen LogP contribution in [0.25, 0.3) is 0 Å². The number of hydrogen-bond acceptors (Lipinski definition) is 3. The van der Waals surface area contributed by atoms with Crippen LogP contribution >= 0.6 is 0 Å². The van der Waals surface area contributed by atoms with Gasteiger partial charge in [-0.1, -0.05) is 36.4 Å². The zero-order valence-electron chi connectivity index (χ0n) is 13.5. The number of amides is 1. The number of carbonyl (C=O) groups excluding carboxylic acids is 1. The summed E-state index contributed by atoms with van der Waals surface area (Å²) in [7, 11) is 0. The van der Waals surface area contributed by atoms with E-state index < -0.39 is 0 Å². The van der Waals surface area contributed by atoms with Crippen molar-refractivity contribution >= 4 is 5.91 Å². The second-order valence-electron chi connectivity index (χ2n) is 6.45. The monoisotopic (exact) mass is 323 g/mol. The third kappa shape index (κ3) is 3.37. The molecule has 24 heavy (non-hydrogen) atoms. The molecule has 1 amide bonds. The number of fused-ring (bicyclic) bond motifs is 1. The van der Waals surface area contributed by atoms with Crippen LogP contribution < -0.4 is 14.8 Å². The lowest BCUT2D eigenvalue weighted by molar-refractivity contribution is -0.121. The molecule has 0 unspecified atom stereocenters. The summed E-state index contributed by atoms with van der Waals surface area (Å²) in [4.78, 5) is 12.5. The Morgan fingerprint density at radius 3 is 2.54 bits per heavy atom. The van der Waals surface area contributed by atoms with E-state index in [1.165, 1.54) is 18.4 Å². The Morgan fingerprint density at radius 1 is 1.04 bits per heavy atom. The molecule has 1 atom stereocenters. The van der Waals surface area contributed by atoms with Crippen LogP contribution in [0, 0.1) is 5.92 Å². The van der Waals surface area contributed by atoms with Crippen molar-refractivity contribution in [2.75, 3.05) is 13.2 Å². The van der Waals surface area contributed by atoms with Gasteiger partial charge < -0.3 is 14.8 Å². The molecule has 124 valence electrons. The number of carbonyl (C=O) groups is 1. The highest BCUT2D eigenvalue weighted by Crippen LogP contribution is 2.41. The van der Waals surface area contributed by atoms with E-state index in [-0.39, 0.29) is 11.9 Å². The number of hydrogen-bond donors (Lipinski definition) is 1. The molecular weight excluding hydrogens is 302 g/mol. The maximum atomic E-state index is 12.5. The van der Waals surface area contributed by atoms with Crippen molar-refractivity contribution in [1.29, 1.82) is 0 Å². The van der Waals surface area contributed by atoms with Gasteiger partial charge in [-0.25, -0.2) is 0 Å². The minimum Gasteiger partial charge on any atom is -0.486 e. The third-order valence-electron chi connectivity index (χ3n) is 4.54. The lowest BCUT2D eigenvalue weighted by atomic mass is 10.0. The van der Waals surface area contributed by atoms with Gasteiger partial charge in [0.05, 0.1) is 12.5 Å². The molecule has 2 aromatic rings. The molecule has 1 fully saturated rings. The summed E-state index contributed by atoms with van der Waals surface area (Å²) >= 11 is 0. The first-order valence-corrected chi connectivity index (χ1v) is 8.52. The van der Waals surface area contributed by atoms with E-state index >= 15 is 0 Å². The molecule has 1 aliphatic carbocycles. The largest absolute Gasteiger partial charge is 0.486 e. The van der Waals surface area contributed by atoms with Crippen molar-refractivity contribution in [1.82, 2.24) is 5.32 Å². The Kier molecular flexibility index (Phi) is 4.11. The molecule has 1 heterocycles. The molecule has 0 bridgehead atoms. The molecule has 4 nitrogen and oxygen atoms in total. The van der Waals surface area contributed by atoms with E-state index in [2.05, 4.69) is 17.4 Å². The van der Waals surface area contributed by atoms with Crippen molar-refractivity contribution in [2.24, 2.45) is 5.92 Å². The standard InChI is InChI=1S/C20H21NO3/c22-19(13-14-6-9-17-18(12-14)24-11-10-23-17)21-20(16-7-8-16)15-4-2-1-3-5-15/h1-6,9,12,16,20H,7-8,10-11,13H2,(H,21,22)/t20-/m1/s1. The Morgan fingerprint density at radius 2 is 1.79 bits per heavy atom. The second kappa shape index (κ2) is 6.56. The van der Waals surface area contributed by atoms with Gasteiger partial charge in [-0.15, -0.1) is 0 Å². The Labute approximate surface area is 141 Å². The molecule has 0 aromatic heterocycles. The average Bonchev–Trinajstić information content (AvgIpc) is 3.45. The SMILES string of the molecule is O=C(Cc1ccc2c(c1)OCCO2)N[C@H](c1ccccc1)C1CC1. The van der Waals surface area contributed by atoms with Crippen LogP contribution in [0.4, 0.5) is 0 Å². The first-order valence-electron chi connectivity index (χ1n) is 8.52. The van der Waals surface area contributed by atoms with Crippen LogP contribution in [0.3, 0.4) is 0 Å². The molecule has 1 aliphatic heterocycles. The normalized spacial score (nSPS) is 17.2. The van der Waals surface area contributed by atoms with E-state index in [1.54, 1.807) is 0 Å². The minimum absolute atomic E-state index is 0.0485. The van der Waals surface area contributed by atoms with Crippen LogP contribution in [0.5, 0.6) is 11.5 Å². The van der Waals surface area contributed by atoms with Crippen molar-refractivity contribution in [3.63, 3.8) is 0 Å². The molecular formula is C20H21NO3. The number of ether oxygens (including phenoxy) is 2. The highest BCUT2D eigenvalue weighted by Gasteiger charge is 2.33. The molecule has 0 radical (unpaired) electrons. The van der Waals surface area contributed by atoms with E-state index in [0.717, 1.165) is 17.1 Å². The number of nitrogens with one attached hydrogen (secondary N) is 1. The van der Waals surface area contributed by atoms with E-state index in [4.69, 9.17) is 9.47 Å². The van der Waals surface area contributed by atoms with Crippen molar-refractivity contribution in [3.05, 3.63) is 59.7 Å². The zero-order chi connectivity index (χ0) is 16.4. The van der Waals surface area contributed by atoms with Gasteiger partial charge in [-0.3, -0.25) is 4.79 Å². The van der Waals surface area contributed by atoms with Crippen LogP contribution in [0.2, 0.25) is 0 Å². The highest BCUT2D eigenvalue weighted by atomic mass is 16.6. The molecule has 0 spiro atoms. The van der Waals surface area contributed by atoms with Crippen molar-refractivity contribution in [3.8, 4) is 11.5 Å². The van der Waals surface area contributed by atoms with Gasteiger partial charge in [0.25, 0.3) is 0 Å². The Hall–Kier alpha value is -2.49. The highest BCUT2D eigenvalue weighted by molar-refractivity contribution is 5.79. The number of benzene rings is 2. The van der Waals surface area contributed by atoms with Crippen LogP contribution in [-0.2, 0) is 11.2 Å². The van der Waals surface area contributed by atoms with Gasteiger partial charge >= 0.3 is 0 Å². The van der Waals surface area contributed by atoms with E-state index in [0.29, 0.717) is 25.6 Å². The predicted molar refractivity (Wildman–Crippen MR) is 91.2 cm³/mol. The topological polar surface area (TPSA) is 47.6 Å². The summed E-state index contributed by atoms with van der Waals surface area (Å²) in [6.07, 6.45) is 2.72. The predicted octanol–water partition coefficient (Wildman–Crippen LogP) is 3.27. The molecule has 1 saturated carbocycles. The third-order valence-corrected chi connectivity index (χ3v) is 4.54. The molecule has 1 N–H and O–H groups in total. The lowest BCUT2D eigenvalue weighted by Gasteiger charge is -2.20. The Balaban J connectivity index is 1.44. The van der Waals surface area contributed by atoms with Gasteiger partial charge in [0, 0.05) is 0 Å². The number of rotatable bonds is 5. The summed E-state index contributed by atoms with van der Waals surface area (Å²) in [5.74, 6) is 2.10.